The predicted octanol–water partition coefficient (Wildman–Crippen LogP) is 2.31. The number of aromatic nitrogens is 4. The molecule has 11 heteroatoms. The number of benzene rings is 1. The predicted molar refractivity (Wildman–Crippen MR) is 143 cm³/mol. The summed E-state index contributed by atoms with van der Waals surface area (Å²) < 4.78 is 18.1. The van der Waals surface area contributed by atoms with Crippen LogP contribution in [0.1, 0.15) is 55.5 Å². The number of ether oxygens (including phenoxy) is 2. The standard InChI is InChI=1S/C27H30ClN5O5/c1-3-32-26(35)31-25(33(27(32)36)17-19-5-10-21(28)11-6-19)30-15-18-7-12-22(13-8-18)38-23-14-9-20(16-29-23)24(34)37-4-2/h5-6,9-11,14-16,18,22H,3-4,7-8,12-13,17H2,1-2H3/p+1. The average Bonchev–Trinajstić information content (AvgIpc) is 2.92. The van der Waals surface area contributed by atoms with E-state index in [4.69, 9.17) is 21.1 Å². The normalized spacial score (nSPS) is 16.9. The molecule has 10 nitrogen and oxygen atoms in total. The minimum absolute atomic E-state index is 0.00345. The molecule has 1 fully saturated rings. The van der Waals surface area contributed by atoms with Crippen LogP contribution in [0, 0.1) is 5.92 Å². The van der Waals surface area contributed by atoms with E-state index in [0.717, 1.165) is 35.8 Å². The van der Waals surface area contributed by atoms with Crippen molar-refractivity contribution < 1.29 is 14.3 Å². The van der Waals surface area contributed by atoms with Crippen LogP contribution in [0.4, 0.5) is 0 Å². The van der Waals surface area contributed by atoms with E-state index in [-0.39, 0.29) is 30.7 Å². The van der Waals surface area contributed by atoms with E-state index in [0.29, 0.717) is 23.1 Å². The molecule has 1 saturated carbocycles. The van der Waals surface area contributed by atoms with E-state index in [2.05, 4.69) is 14.6 Å². The molecule has 0 aliphatic heterocycles. The van der Waals surface area contributed by atoms with Crippen molar-refractivity contribution in [3.63, 3.8) is 0 Å². The highest BCUT2D eigenvalue weighted by Crippen LogP contribution is 2.25. The van der Waals surface area contributed by atoms with Crippen LogP contribution >= 0.6 is 11.6 Å². The van der Waals surface area contributed by atoms with Gasteiger partial charge in [0, 0.05) is 29.7 Å². The highest BCUT2D eigenvalue weighted by molar-refractivity contribution is 6.30. The molecule has 200 valence electrons. The number of hydrogen-bond donors (Lipinski definition) is 1. The molecule has 4 rings (SSSR count). The van der Waals surface area contributed by atoms with Crippen LogP contribution in [0.3, 0.4) is 0 Å². The molecule has 1 N–H and O–H groups in total. The molecule has 3 aromatic rings. The lowest BCUT2D eigenvalue weighted by Gasteiger charge is -2.25. The second kappa shape index (κ2) is 12.6. The minimum atomic E-state index is -0.490. The van der Waals surface area contributed by atoms with Crippen LogP contribution in [-0.2, 0) is 17.8 Å². The molecule has 0 atom stereocenters. The fourth-order valence-electron chi connectivity index (χ4n) is 4.34. The minimum Gasteiger partial charge on any atom is -0.474 e. The first-order valence-corrected chi connectivity index (χ1v) is 13.1. The molecule has 0 spiro atoms. The van der Waals surface area contributed by atoms with Gasteiger partial charge in [-0.05, 0) is 63.3 Å². The zero-order valence-electron chi connectivity index (χ0n) is 21.4. The summed E-state index contributed by atoms with van der Waals surface area (Å²) >= 11 is 5.99. The van der Waals surface area contributed by atoms with Gasteiger partial charge in [-0.25, -0.2) is 28.6 Å². The number of hydrogen-bond acceptors (Lipinski definition) is 6. The van der Waals surface area contributed by atoms with Gasteiger partial charge in [0.25, 0.3) is 0 Å². The van der Waals surface area contributed by atoms with Gasteiger partial charge in [0.2, 0.25) is 5.88 Å². The summed E-state index contributed by atoms with van der Waals surface area (Å²) in [6, 6.07) is 10.5. The Balaban J connectivity index is 1.47. The summed E-state index contributed by atoms with van der Waals surface area (Å²) in [5, 5.41) is 0.605. The number of carbonyl (C=O) groups is 1. The van der Waals surface area contributed by atoms with Crippen LogP contribution in [0.25, 0.3) is 0 Å². The Kier molecular flexibility index (Phi) is 8.99. The fraction of sp³-hybridized carbons (Fsp3) is 0.407. The second-order valence-corrected chi connectivity index (χ2v) is 9.47. The highest BCUT2D eigenvalue weighted by atomic mass is 35.5. The van der Waals surface area contributed by atoms with Crippen LogP contribution in [-0.4, -0.2) is 44.0 Å². The summed E-state index contributed by atoms with van der Waals surface area (Å²) in [6.07, 6.45) is 6.54. The number of nitrogens with one attached hydrogen (secondary N) is 1. The Morgan fingerprint density at radius 1 is 1.11 bits per heavy atom. The lowest BCUT2D eigenvalue weighted by atomic mass is 9.88. The molecule has 1 aromatic carbocycles. The topological polar surface area (TPSA) is 122 Å². The molecular formula is C27H31ClN5O5+. The summed E-state index contributed by atoms with van der Waals surface area (Å²) in [5.74, 6) is 0.233. The molecule has 38 heavy (non-hydrogen) atoms. The van der Waals surface area contributed by atoms with E-state index < -0.39 is 17.3 Å². The van der Waals surface area contributed by atoms with Crippen molar-refractivity contribution in [1.29, 1.82) is 0 Å². The van der Waals surface area contributed by atoms with E-state index in [1.54, 1.807) is 38.1 Å². The molecule has 0 saturated heterocycles. The van der Waals surface area contributed by atoms with E-state index in [1.165, 1.54) is 10.8 Å². The van der Waals surface area contributed by atoms with Crippen LogP contribution in [0.2, 0.25) is 5.02 Å². The molecule has 2 aromatic heterocycles. The van der Waals surface area contributed by atoms with Gasteiger partial charge in [-0.15, -0.1) is 0 Å². The lowest BCUT2D eigenvalue weighted by Crippen LogP contribution is -2.50. The summed E-state index contributed by atoms with van der Waals surface area (Å²) in [4.78, 5) is 44.2. The Labute approximate surface area is 224 Å². The van der Waals surface area contributed by atoms with E-state index in [1.807, 2.05) is 18.3 Å². The Hall–Kier alpha value is -3.88. The first kappa shape index (κ1) is 27.2. The second-order valence-electron chi connectivity index (χ2n) is 9.03. The summed E-state index contributed by atoms with van der Waals surface area (Å²) in [7, 11) is 0. The number of aromatic amines is 1. The molecule has 0 bridgehead atoms. The molecule has 1 aliphatic rings. The number of carbonyl (C=O) groups excluding carboxylic acids is 1. The van der Waals surface area contributed by atoms with E-state index in [9.17, 15) is 14.4 Å². The monoisotopic (exact) mass is 540 g/mol. The third-order valence-corrected chi connectivity index (χ3v) is 6.66. The Morgan fingerprint density at radius 2 is 1.84 bits per heavy atom. The van der Waals surface area contributed by atoms with E-state index >= 15 is 0 Å². The van der Waals surface area contributed by atoms with Gasteiger partial charge < -0.3 is 9.47 Å². The third kappa shape index (κ3) is 6.70. The van der Waals surface area contributed by atoms with Crippen molar-refractivity contribution >= 4 is 23.8 Å². The zero-order valence-corrected chi connectivity index (χ0v) is 22.2. The maximum Gasteiger partial charge on any atom is 0.458 e. The largest absolute Gasteiger partial charge is 0.474 e. The molecule has 1 aliphatic carbocycles. The first-order chi connectivity index (χ1) is 18.4. The molecular weight excluding hydrogens is 510 g/mol. The number of rotatable bonds is 8. The number of esters is 1. The quantitative estimate of drug-likeness (QED) is 0.266. The maximum atomic E-state index is 13.0. The van der Waals surface area contributed by atoms with Crippen molar-refractivity contribution in [2.45, 2.75) is 58.7 Å². The summed E-state index contributed by atoms with van der Waals surface area (Å²) in [6.45, 7) is 4.32. The Bertz CT molecular complexity index is 1480. The van der Waals surface area contributed by atoms with Gasteiger partial charge >= 0.3 is 23.0 Å². The third-order valence-electron chi connectivity index (χ3n) is 6.41. The van der Waals surface area contributed by atoms with Crippen molar-refractivity contribution in [3.8, 4) is 5.88 Å². The fourth-order valence-corrected chi connectivity index (χ4v) is 4.46. The number of pyridine rings is 1. The van der Waals surface area contributed by atoms with Crippen LogP contribution in [0.15, 0.2) is 52.2 Å². The first-order valence-electron chi connectivity index (χ1n) is 12.7. The van der Waals surface area contributed by atoms with Gasteiger partial charge in [0.15, 0.2) is 0 Å². The van der Waals surface area contributed by atoms with Crippen molar-refractivity contribution in [3.05, 3.63) is 85.3 Å². The molecule has 0 radical (unpaired) electrons. The lowest BCUT2D eigenvalue weighted by molar-refractivity contribution is 0.0525. The zero-order chi connectivity index (χ0) is 27.1. The van der Waals surface area contributed by atoms with Crippen molar-refractivity contribution in [1.82, 2.24) is 23.8 Å². The number of H-pyrrole nitrogens is 1. The van der Waals surface area contributed by atoms with Gasteiger partial charge in [-0.2, -0.15) is 9.55 Å². The van der Waals surface area contributed by atoms with Crippen LogP contribution < -0.4 is 26.4 Å². The van der Waals surface area contributed by atoms with Crippen LogP contribution in [0.5, 0.6) is 5.88 Å². The van der Waals surface area contributed by atoms with Gasteiger partial charge in [0.1, 0.15) is 18.9 Å². The molecule has 0 unspecified atom stereocenters. The smallest absolute Gasteiger partial charge is 0.458 e. The average molecular weight is 541 g/mol. The van der Waals surface area contributed by atoms with Gasteiger partial charge in [-0.1, -0.05) is 23.7 Å². The van der Waals surface area contributed by atoms with Crippen molar-refractivity contribution in [2.75, 3.05) is 6.61 Å². The maximum absolute atomic E-state index is 13.0. The SMILES string of the molecule is CCOC(=O)c1ccc(OC2CCC(C=[N+]=c3[nH]c(=O)n(CC)c(=O)n3Cc3ccc(Cl)cc3)CC2)nc1. The number of halogens is 1. The summed E-state index contributed by atoms with van der Waals surface area (Å²) in [5.41, 5.74) is 0.553. The Morgan fingerprint density at radius 3 is 2.47 bits per heavy atom. The molecule has 0 amide bonds. The van der Waals surface area contributed by atoms with Crippen molar-refractivity contribution in [2.24, 2.45) is 5.92 Å². The van der Waals surface area contributed by atoms with Gasteiger partial charge in [-0.3, -0.25) is 0 Å². The molecule has 2 heterocycles. The van der Waals surface area contributed by atoms with Gasteiger partial charge in [0.05, 0.1) is 12.2 Å². The highest BCUT2D eigenvalue weighted by Gasteiger charge is 2.23. The number of nitrogens with zero attached hydrogens (tertiary/aromatic N) is 4.